The van der Waals surface area contributed by atoms with E-state index in [1.165, 1.54) is 0 Å². The molecule has 4 heteroatoms. The van der Waals surface area contributed by atoms with Crippen molar-refractivity contribution in [1.29, 1.82) is 0 Å². The monoisotopic (exact) mass is 265 g/mol. The molecule has 1 rings (SSSR count). The van der Waals surface area contributed by atoms with Crippen molar-refractivity contribution in [3.63, 3.8) is 0 Å². The number of ether oxygens (including phenoxy) is 1. The first-order chi connectivity index (χ1) is 9.22. The fraction of sp³-hybridized carbons (Fsp3) is 0.533. The molecule has 0 fully saturated rings. The van der Waals surface area contributed by atoms with Gasteiger partial charge in [-0.25, -0.2) is 0 Å². The first-order valence-electron chi connectivity index (χ1n) is 6.76. The summed E-state index contributed by atoms with van der Waals surface area (Å²) in [6, 6.07) is 7.70. The first kappa shape index (κ1) is 15.5. The van der Waals surface area contributed by atoms with Gasteiger partial charge in [-0.2, -0.15) is 0 Å². The Hall–Kier alpha value is -1.55. The molecule has 4 nitrogen and oxygen atoms in total. The third kappa shape index (κ3) is 4.91. The maximum Gasteiger partial charge on any atom is 0.220 e. The predicted molar refractivity (Wildman–Crippen MR) is 75.1 cm³/mol. The van der Waals surface area contributed by atoms with Crippen LogP contribution in [-0.2, 0) is 4.79 Å². The van der Waals surface area contributed by atoms with E-state index in [1.54, 1.807) is 7.11 Å². The molecular weight excluding hydrogens is 242 g/mol. The first-order valence-corrected chi connectivity index (χ1v) is 6.76. The van der Waals surface area contributed by atoms with E-state index in [4.69, 9.17) is 9.84 Å². The zero-order valence-corrected chi connectivity index (χ0v) is 11.7. The number of carbonyl (C=O) groups is 1. The lowest BCUT2D eigenvalue weighted by Crippen LogP contribution is -2.28. The van der Waals surface area contributed by atoms with Crippen molar-refractivity contribution in [2.45, 2.75) is 38.6 Å². The minimum Gasteiger partial charge on any atom is -0.496 e. The molecular formula is C15H23NO3. The van der Waals surface area contributed by atoms with Crippen LogP contribution >= 0.6 is 0 Å². The van der Waals surface area contributed by atoms with Crippen LogP contribution in [0.5, 0.6) is 5.75 Å². The molecule has 0 heterocycles. The molecule has 1 aromatic rings. The average molecular weight is 265 g/mol. The Labute approximate surface area is 114 Å². The number of aliphatic hydroxyl groups excluding tert-OH is 1. The summed E-state index contributed by atoms with van der Waals surface area (Å²) in [4.78, 5) is 11.8. The van der Waals surface area contributed by atoms with Gasteiger partial charge in [0.1, 0.15) is 5.75 Å². The number of amides is 1. The molecule has 0 radical (unpaired) electrons. The van der Waals surface area contributed by atoms with E-state index < -0.39 is 0 Å². The number of hydrogen-bond donors (Lipinski definition) is 2. The highest BCUT2D eigenvalue weighted by Gasteiger charge is 2.15. The number of nitrogens with one attached hydrogen (secondary N) is 1. The Morgan fingerprint density at radius 3 is 2.74 bits per heavy atom. The molecule has 1 amide bonds. The topological polar surface area (TPSA) is 58.6 Å². The Kier molecular flexibility index (Phi) is 6.97. The van der Waals surface area contributed by atoms with Gasteiger partial charge in [0.15, 0.2) is 0 Å². The molecule has 0 saturated heterocycles. The normalized spacial score (nSPS) is 11.9. The minimum absolute atomic E-state index is 0.0196. The average Bonchev–Trinajstić information content (AvgIpc) is 2.45. The van der Waals surface area contributed by atoms with Crippen molar-refractivity contribution >= 4 is 5.91 Å². The molecule has 0 bridgehead atoms. The molecule has 0 spiro atoms. The number of aliphatic hydroxyl groups is 1. The van der Waals surface area contributed by atoms with Crippen LogP contribution in [0.2, 0.25) is 0 Å². The molecule has 1 aromatic carbocycles. The van der Waals surface area contributed by atoms with Crippen LogP contribution in [-0.4, -0.2) is 24.7 Å². The van der Waals surface area contributed by atoms with Gasteiger partial charge >= 0.3 is 0 Å². The summed E-state index contributed by atoms with van der Waals surface area (Å²) < 4.78 is 5.32. The Bertz CT molecular complexity index is 393. The van der Waals surface area contributed by atoms with E-state index in [0.717, 1.165) is 17.7 Å². The van der Waals surface area contributed by atoms with Crippen LogP contribution in [0, 0.1) is 0 Å². The Balaban J connectivity index is 2.64. The maximum absolute atomic E-state index is 11.8. The van der Waals surface area contributed by atoms with Crippen molar-refractivity contribution in [3.05, 3.63) is 29.8 Å². The third-order valence-corrected chi connectivity index (χ3v) is 3.07. The van der Waals surface area contributed by atoms with Gasteiger partial charge in [0, 0.05) is 18.6 Å². The highest BCUT2D eigenvalue weighted by molar-refractivity contribution is 5.76. The van der Waals surface area contributed by atoms with Crippen LogP contribution in [0.1, 0.15) is 44.2 Å². The van der Waals surface area contributed by atoms with Crippen molar-refractivity contribution in [3.8, 4) is 5.75 Å². The van der Waals surface area contributed by atoms with Gasteiger partial charge in [-0.15, -0.1) is 0 Å². The van der Waals surface area contributed by atoms with Gasteiger partial charge in [-0.05, 0) is 25.3 Å². The summed E-state index contributed by atoms with van der Waals surface area (Å²) in [6.07, 6.45) is 2.64. The quantitative estimate of drug-likeness (QED) is 0.710. The van der Waals surface area contributed by atoms with Crippen LogP contribution in [0.15, 0.2) is 24.3 Å². The molecule has 1 atom stereocenters. The fourth-order valence-corrected chi connectivity index (χ4v) is 2.02. The van der Waals surface area contributed by atoms with Crippen molar-refractivity contribution < 1.29 is 14.6 Å². The molecule has 0 aliphatic heterocycles. The zero-order chi connectivity index (χ0) is 14.1. The predicted octanol–water partition coefficient (Wildman–Crippen LogP) is 2.43. The molecule has 0 aromatic heterocycles. The zero-order valence-electron chi connectivity index (χ0n) is 11.7. The largest absolute Gasteiger partial charge is 0.496 e. The van der Waals surface area contributed by atoms with Gasteiger partial charge in [0.05, 0.1) is 13.2 Å². The SMILES string of the molecule is CCC(NC(=O)CCCCO)c1ccccc1OC. The second-order valence-electron chi connectivity index (χ2n) is 4.45. The van der Waals surface area contributed by atoms with Gasteiger partial charge in [-0.1, -0.05) is 25.1 Å². The van der Waals surface area contributed by atoms with Crippen molar-refractivity contribution in [2.75, 3.05) is 13.7 Å². The number of carbonyl (C=O) groups excluding carboxylic acids is 1. The number of hydrogen-bond acceptors (Lipinski definition) is 3. The van der Waals surface area contributed by atoms with Gasteiger partial charge in [0.2, 0.25) is 5.91 Å². The molecule has 19 heavy (non-hydrogen) atoms. The van der Waals surface area contributed by atoms with E-state index in [0.29, 0.717) is 19.3 Å². The smallest absolute Gasteiger partial charge is 0.220 e. The molecule has 106 valence electrons. The molecule has 0 aliphatic carbocycles. The number of benzene rings is 1. The summed E-state index contributed by atoms with van der Waals surface area (Å²) >= 11 is 0. The van der Waals surface area contributed by atoms with E-state index in [-0.39, 0.29) is 18.6 Å². The molecule has 0 aliphatic rings. The van der Waals surface area contributed by atoms with E-state index in [2.05, 4.69) is 5.32 Å². The Morgan fingerprint density at radius 1 is 1.37 bits per heavy atom. The lowest BCUT2D eigenvalue weighted by molar-refractivity contribution is -0.122. The van der Waals surface area contributed by atoms with Crippen molar-refractivity contribution in [2.24, 2.45) is 0 Å². The summed E-state index contributed by atoms with van der Waals surface area (Å²) in [5, 5.41) is 11.7. The summed E-state index contributed by atoms with van der Waals surface area (Å²) in [5.74, 6) is 0.816. The standard InChI is InChI=1S/C15H23NO3/c1-3-13(16-15(18)10-6-7-11-17)12-8-4-5-9-14(12)19-2/h4-5,8-9,13,17H,3,6-7,10-11H2,1-2H3,(H,16,18). The highest BCUT2D eigenvalue weighted by Crippen LogP contribution is 2.26. The number of methoxy groups -OCH3 is 1. The van der Waals surface area contributed by atoms with Crippen LogP contribution in [0.3, 0.4) is 0 Å². The molecule has 1 unspecified atom stereocenters. The van der Waals surface area contributed by atoms with Crippen LogP contribution in [0.25, 0.3) is 0 Å². The lowest BCUT2D eigenvalue weighted by atomic mass is 10.0. The summed E-state index contributed by atoms with van der Waals surface area (Å²) in [6.45, 7) is 2.17. The third-order valence-electron chi connectivity index (χ3n) is 3.07. The minimum atomic E-state index is -0.0298. The number of rotatable bonds is 8. The number of unbranched alkanes of at least 4 members (excludes halogenated alkanes) is 1. The van der Waals surface area contributed by atoms with Crippen molar-refractivity contribution in [1.82, 2.24) is 5.32 Å². The maximum atomic E-state index is 11.8. The second-order valence-corrected chi connectivity index (χ2v) is 4.45. The van der Waals surface area contributed by atoms with Gasteiger partial charge < -0.3 is 15.2 Å². The lowest BCUT2D eigenvalue weighted by Gasteiger charge is -2.19. The number of para-hydroxylation sites is 1. The molecule has 2 N–H and O–H groups in total. The van der Waals surface area contributed by atoms with Gasteiger partial charge in [0.25, 0.3) is 0 Å². The van der Waals surface area contributed by atoms with Crippen LogP contribution < -0.4 is 10.1 Å². The van der Waals surface area contributed by atoms with E-state index >= 15 is 0 Å². The Morgan fingerprint density at radius 2 is 2.11 bits per heavy atom. The van der Waals surface area contributed by atoms with E-state index in [1.807, 2.05) is 31.2 Å². The highest BCUT2D eigenvalue weighted by atomic mass is 16.5. The van der Waals surface area contributed by atoms with E-state index in [9.17, 15) is 4.79 Å². The summed E-state index contributed by atoms with van der Waals surface area (Å²) in [5.41, 5.74) is 1.00. The fourth-order valence-electron chi connectivity index (χ4n) is 2.02. The van der Waals surface area contributed by atoms with Crippen LogP contribution in [0.4, 0.5) is 0 Å². The summed E-state index contributed by atoms with van der Waals surface area (Å²) in [7, 11) is 1.63. The van der Waals surface area contributed by atoms with Gasteiger partial charge in [-0.3, -0.25) is 4.79 Å². The second kappa shape index (κ2) is 8.53. The molecule has 0 saturated carbocycles.